The maximum absolute atomic E-state index is 13.7. The third kappa shape index (κ3) is 3.21. The van der Waals surface area contributed by atoms with Crippen LogP contribution in [0.2, 0.25) is 0 Å². The van der Waals surface area contributed by atoms with E-state index in [1.807, 2.05) is 0 Å². The van der Waals surface area contributed by atoms with E-state index in [-0.39, 0.29) is 10.9 Å². The average molecular weight is 341 g/mol. The van der Waals surface area contributed by atoms with E-state index in [0.29, 0.717) is 5.69 Å². The summed E-state index contributed by atoms with van der Waals surface area (Å²) in [5.74, 6) is -1.56. The Morgan fingerprint density at radius 2 is 1.96 bits per heavy atom. The number of hydrogen-bond acceptors (Lipinski definition) is 3. The van der Waals surface area contributed by atoms with Crippen LogP contribution in [0.25, 0.3) is 0 Å². The fourth-order valence-corrected chi connectivity index (χ4v) is 4.09. The topological polar surface area (TPSA) is 64.0 Å². The van der Waals surface area contributed by atoms with Gasteiger partial charge in [0.2, 0.25) is 0 Å². The second kappa shape index (κ2) is 5.92. The summed E-state index contributed by atoms with van der Waals surface area (Å²) in [5, 5.41) is 4.27. The molecule has 0 aliphatic heterocycles. The number of aryl methyl sites for hydroxylation is 1. The summed E-state index contributed by atoms with van der Waals surface area (Å²) >= 11 is 0. The Morgan fingerprint density at radius 1 is 1.26 bits per heavy atom. The highest BCUT2D eigenvalue weighted by molar-refractivity contribution is 7.92. The Kier molecular flexibility index (Phi) is 4.09. The summed E-state index contributed by atoms with van der Waals surface area (Å²) in [6.07, 6.45) is 5.58. The highest BCUT2D eigenvalue weighted by Crippen LogP contribution is 2.30. The molecule has 1 saturated carbocycles. The minimum Gasteiger partial charge on any atom is -0.276 e. The van der Waals surface area contributed by atoms with Crippen LogP contribution in [0.1, 0.15) is 37.4 Å². The molecule has 8 heteroatoms. The normalized spacial score (nSPS) is 16.0. The van der Waals surface area contributed by atoms with E-state index >= 15 is 0 Å². The minimum absolute atomic E-state index is 0.0203. The predicted octanol–water partition coefficient (Wildman–Crippen LogP) is 3.39. The first kappa shape index (κ1) is 15.9. The number of benzene rings is 1. The van der Waals surface area contributed by atoms with Gasteiger partial charge in [-0.15, -0.1) is 0 Å². The van der Waals surface area contributed by atoms with Crippen molar-refractivity contribution in [1.29, 1.82) is 0 Å². The monoisotopic (exact) mass is 341 g/mol. The van der Waals surface area contributed by atoms with E-state index in [1.54, 1.807) is 11.6 Å². The van der Waals surface area contributed by atoms with Crippen molar-refractivity contribution in [2.75, 3.05) is 4.72 Å². The molecule has 0 saturated heterocycles. The number of aromatic nitrogens is 2. The van der Waals surface area contributed by atoms with Crippen LogP contribution in [0, 0.1) is 18.6 Å². The summed E-state index contributed by atoms with van der Waals surface area (Å²) in [7, 11) is -4.03. The molecule has 0 unspecified atom stereocenters. The van der Waals surface area contributed by atoms with E-state index in [0.717, 1.165) is 43.9 Å². The predicted molar refractivity (Wildman–Crippen MR) is 81.6 cm³/mol. The molecule has 3 rings (SSSR count). The Balaban J connectivity index is 1.91. The molecule has 1 fully saturated rings. The first-order valence-corrected chi connectivity index (χ1v) is 8.89. The molecule has 1 aliphatic carbocycles. The van der Waals surface area contributed by atoms with Crippen LogP contribution in [0.4, 0.5) is 14.5 Å². The van der Waals surface area contributed by atoms with Crippen LogP contribution in [-0.2, 0) is 10.0 Å². The molecule has 0 amide bonds. The Bertz CT molecular complexity index is 827. The van der Waals surface area contributed by atoms with Crippen LogP contribution in [0.5, 0.6) is 0 Å². The van der Waals surface area contributed by atoms with Gasteiger partial charge in [-0.05, 0) is 31.9 Å². The van der Waals surface area contributed by atoms with Crippen molar-refractivity contribution in [3.05, 3.63) is 41.7 Å². The number of hydrogen-bond donors (Lipinski definition) is 1. The Labute approximate surface area is 133 Å². The fourth-order valence-electron chi connectivity index (χ4n) is 2.86. The quantitative estimate of drug-likeness (QED) is 0.927. The molecule has 1 aromatic carbocycles. The summed E-state index contributed by atoms with van der Waals surface area (Å²) in [6.45, 7) is 1.59. The van der Waals surface area contributed by atoms with E-state index in [9.17, 15) is 17.2 Å². The van der Waals surface area contributed by atoms with Gasteiger partial charge in [0.05, 0.1) is 17.4 Å². The zero-order valence-electron chi connectivity index (χ0n) is 12.6. The first-order valence-electron chi connectivity index (χ1n) is 7.40. The second-order valence-corrected chi connectivity index (χ2v) is 7.38. The highest BCUT2D eigenvalue weighted by Gasteiger charge is 2.25. The van der Waals surface area contributed by atoms with E-state index in [1.165, 1.54) is 6.20 Å². The molecule has 0 radical (unpaired) electrons. The van der Waals surface area contributed by atoms with Crippen LogP contribution in [0.15, 0.2) is 29.3 Å². The van der Waals surface area contributed by atoms with Crippen molar-refractivity contribution in [1.82, 2.24) is 9.78 Å². The smallest absolute Gasteiger partial charge is 0.265 e. The molecule has 23 heavy (non-hydrogen) atoms. The lowest BCUT2D eigenvalue weighted by molar-refractivity contribution is 0.464. The Morgan fingerprint density at radius 3 is 2.65 bits per heavy atom. The molecular weight excluding hydrogens is 324 g/mol. The van der Waals surface area contributed by atoms with Crippen LogP contribution in [0.3, 0.4) is 0 Å². The van der Waals surface area contributed by atoms with Crippen molar-refractivity contribution in [3.63, 3.8) is 0 Å². The number of nitrogens with zero attached hydrogens (tertiary/aromatic N) is 2. The largest absolute Gasteiger partial charge is 0.276 e. The molecule has 1 N–H and O–H groups in total. The van der Waals surface area contributed by atoms with Crippen LogP contribution in [-0.4, -0.2) is 18.2 Å². The van der Waals surface area contributed by atoms with Crippen molar-refractivity contribution in [3.8, 4) is 0 Å². The SMILES string of the molecule is Cc1nn(C2CCCC2)cc1S(=O)(=O)Nc1cc(F)ccc1F. The molecule has 1 aromatic heterocycles. The Hall–Kier alpha value is -1.96. The number of anilines is 1. The molecule has 1 heterocycles. The van der Waals surface area contributed by atoms with Crippen molar-refractivity contribution in [2.45, 2.75) is 43.5 Å². The molecule has 0 atom stereocenters. The number of halogens is 2. The standard InChI is InChI=1S/C15H17F2N3O2S/c1-10-15(9-20(18-10)12-4-2-3-5-12)23(21,22)19-14-8-11(16)6-7-13(14)17/h6-9,12,19H,2-5H2,1H3. The van der Waals surface area contributed by atoms with Gasteiger partial charge in [-0.3, -0.25) is 9.40 Å². The van der Waals surface area contributed by atoms with Gasteiger partial charge in [0, 0.05) is 12.3 Å². The first-order chi connectivity index (χ1) is 10.9. The molecule has 124 valence electrons. The van der Waals surface area contributed by atoms with Gasteiger partial charge in [0.15, 0.2) is 0 Å². The van der Waals surface area contributed by atoms with Crippen molar-refractivity contribution < 1.29 is 17.2 Å². The molecule has 2 aromatic rings. The zero-order valence-corrected chi connectivity index (χ0v) is 13.4. The van der Waals surface area contributed by atoms with E-state index in [4.69, 9.17) is 0 Å². The van der Waals surface area contributed by atoms with Gasteiger partial charge >= 0.3 is 0 Å². The molecule has 0 bridgehead atoms. The van der Waals surface area contributed by atoms with Gasteiger partial charge in [0.25, 0.3) is 10.0 Å². The average Bonchev–Trinajstić information content (AvgIpc) is 3.11. The van der Waals surface area contributed by atoms with Crippen LogP contribution < -0.4 is 4.72 Å². The third-order valence-electron chi connectivity index (χ3n) is 4.03. The summed E-state index contributed by atoms with van der Waals surface area (Å²) in [6, 6.07) is 2.81. The van der Waals surface area contributed by atoms with Gasteiger partial charge in [-0.25, -0.2) is 17.2 Å². The van der Waals surface area contributed by atoms with E-state index < -0.39 is 27.3 Å². The summed E-state index contributed by atoms with van der Waals surface area (Å²) in [5.41, 5.74) is -0.0840. The van der Waals surface area contributed by atoms with Crippen LogP contribution >= 0.6 is 0 Å². The lowest BCUT2D eigenvalue weighted by Gasteiger charge is -2.09. The second-order valence-electron chi connectivity index (χ2n) is 5.73. The van der Waals surface area contributed by atoms with Gasteiger partial charge in [-0.1, -0.05) is 12.8 Å². The van der Waals surface area contributed by atoms with Gasteiger partial charge in [-0.2, -0.15) is 5.10 Å². The lowest BCUT2D eigenvalue weighted by atomic mass is 10.3. The third-order valence-corrected chi connectivity index (χ3v) is 5.50. The van der Waals surface area contributed by atoms with E-state index in [2.05, 4.69) is 9.82 Å². The molecule has 5 nitrogen and oxygen atoms in total. The van der Waals surface area contributed by atoms with Crippen molar-refractivity contribution in [2.24, 2.45) is 0 Å². The minimum atomic E-state index is -4.03. The molecular formula is C15H17F2N3O2S. The number of sulfonamides is 1. The fraction of sp³-hybridized carbons (Fsp3) is 0.400. The highest BCUT2D eigenvalue weighted by atomic mass is 32.2. The number of nitrogens with one attached hydrogen (secondary N) is 1. The maximum atomic E-state index is 13.7. The van der Waals surface area contributed by atoms with Gasteiger partial charge < -0.3 is 0 Å². The lowest BCUT2D eigenvalue weighted by Crippen LogP contribution is -2.14. The molecule has 1 aliphatic rings. The summed E-state index contributed by atoms with van der Waals surface area (Å²) < 4.78 is 55.5. The zero-order chi connectivity index (χ0) is 16.6. The summed E-state index contributed by atoms with van der Waals surface area (Å²) in [4.78, 5) is -0.0203. The molecule has 0 spiro atoms. The maximum Gasteiger partial charge on any atom is 0.265 e. The van der Waals surface area contributed by atoms with Crippen molar-refractivity contribution >= 4 is 15.7 Å². The van der Waals surface area contributed by atoms with Gasteiger partial charge in [0.1, 0.15) is 16.5 Å². The number of rotatable bonds is 4.